The lowest BCUT2D eigenvalue weighted by Crippen LogP contribution is -1.96. The number of nitrogens with zero attached hydrogens (tertiary/aromatic N) is 1. The van der Waals surface area contributed by atoms with Crippen molar-refractivity contribution in [2.45, 2.75) is 6.61 Å². The molecule has 2 aromatic rings. The third-order valence-electron chi connectivity index (χ3n) is 2.49. The van der Waals surface area contributed by atoms with Crippen LogP contribution in [0.15, 0.2) is 24.4 Å². The first-order valence-electron chi connectivity index (χ1n) is 4.55. The van der Waals surface area contributed by atoms with E-state index in [9.17, 15) is 4.79 Å². The number of benzene rings is 1. The zero-order valence-electron chi connectivity index (χ0n) is 8.27. The summed E-state index contributed by atoms with van der Waals surface area (Å²) in [5, 5.41) is 18.8. The van der Waals surface area contributed by atoms with Gasteiger partial charge >= 0.3 is 5.97 Å². The van der Waals surface area contributed by atoms with Gasteiger partial charge in [0, 0.05) is 29.7 Å². The van der Waals surface area contributed by atoms with Crippen molar-refractivity contribution in [2.24, 2.45) is 7.05 Å². The number of hydrogen-bond acceptors (Lipinski definition) is 2. The minimum Gasteiger partial charge on any atom is -0.478 e. The summed E-state index contributed by atoms with van der Waals surface area (Å²) in [5.41, 5.74) is 1.89. The number of rotatable bonds is 2. The van der Waals surface area contributed by atoms with Crippen molar-refractivity contribution in [1.29, 1.82) is 0 Å². The Morgan fingerprint density at radius 2 is 2.20 bits per heavy atom. The summed E-state index contributed by atoms with van der Waals surface area (Å²) in [6.07, 6.45) is 1.80. The van der Waals surface area contributed by atoms with Crippen LogP contribution in [0.3, 0.4) is 0 Å². The second-order valence-electron chi connectivity index (χ2n) is 3.46. The van der Waals surface area contributed by atoms with Gasteiger partial charge in [-0.15, -0.1) is 0 Å². The van der Waals surface area contributed by atoms with Crippen LogP contribution in [0.2, 0.25) is 0 Å². The Balaban J connectivity index is 2.72. The minimum absolute atomic E-state index is 0.0379. The highest BCUT2D eigenvalue weighted by molar-refractivity contribution is 5.94. The number of carbonyl (C=O) groups is 1. The minimum atomic E-state index is -0.941. The number of carboxylic acids is 1. The lowest BCUT2D eigenvalue weighted by Gasteiger charge is -1.98. The lowest BCUT2D eigenvalue weighted by atomic mass is 10.1. The molecule has 0 radical (unpaired) electrons. The predicted octanol–water partition coefficient (Wildman–Crippen LogP) is 1.37. The smallest absolute Gasteiger partial charge is 0.335 e. The molecule has 0 aliphatic carbocycles. The first-order chi connectivity index (χ1) is 7.13. The fourth-order valence-electron chi connectivity index (χ4n) is 1.73. The van der Waals surface area contributed by atoms with Gasteiger partial charge < -0.3 is 14.8 Å². The molecule has 0 atom stereocenters. The van der Waals surface area contributed by atoms with Crippen LogP contribution in [0.1, 0.15) is 15.9 Å². The van der Waals surface area contributed by atoms with Gasteiger partial charge in [0.25, 0.3) is 0 Å². The van der Waals surface area contributed by atoms with E-state index in [1.54, 1.807) is 24.4 Å². The molecule has 0 saturated carbocycles. The number of aromatic nitrogens is 1. The Morgan fingerprint density at radius 1 is 1.47 bits per heavy atom. The summed E-state index contributed by atoms with van der Waals surface area (Å²) >= 11 is 0. The molecule has 0 aliphatic heterocycles. The molecule has 1 aromatic carbocycles. The molecule has 2 N–H and O–H groups in total. The van der Waals surface area contributed by atoms with Crippen molar-refractivity contribution in [2.75, 3.05) is 0 Å². The molecule has 2 rings (SSSR count). The molecule has 0 unspecified atom stereocenters. The molecule has 0 saturated heterocycles. The monoisotopic (exact) mass is 205 g/mol. The van der Waals surface area contributed by atoms with E-state index in [1.165, 1.54) is 0 Å². The number of aliphatic hydroxyl groups excluding tert-OH is 1. The molecule has 0 aliphatic rings. The van der Waals surface area contributed by atoms with Crippen LogP contribution in [-0.2, 0) is 13.7 Å². The zero-order chi connectivity index (χ0) is 11.0. The Bertz CT molecular complexity index is 528. The van der Waals surface area contributed by atoms with Crippen LogP contribution in [0.5, 0.6) is 0 Å². The maximum atomic E-state index is 10.8. The van der Waals surface area contributed by atoms with E-state index in [4.69, 9.17) is 10.2 Å². The molecule has 4 nitrogen and oxygen atoms in total. The van der Waals surface area contributed by atoms with Gasteiger partial charge in [-0.25, -0.2) is 4.79 Å². The van der Waals surface area contributed by atoms with Gasteiger partial charge in [0.05, 0.1) is 12.2 Å². The van der Waals surface area contributed by atoms with E-state index in [0.29, 0.717) is 0 Å². The number of aryl methyl sites for hydroxylation is 1. The molecule has 0 bridgehead atoms. The molecule has 0 spiro atoms. The fraction of sp³-hybridized carbons (Fsp3) is 0.182. The van der Waals surface area contributed by atoms with Gasteiger partial charge in [-0.2, -0.15) is 0 Å². The van der Waals surface area contributed by atoms with E-state index in [2.05, 4.69) is 0 Å². The Hall–Kier alpha value is -1.81. The van der Waals surface area contributed by atoms with Crippen LogP contribution >= 0.6 is 0 Å². The van der Waals surface area contributed by atoms with Crippen LogP contribution < -0.4 is 0 Å². The van der Waals surface area contributed by atoms with Crippen molar-refractivity contribution in [1.82, 2.24) is 4.57 Å². The summed E-state index contributed by atoms with van der Waals surface area (Å²) in [6, 6.07) is 4.88. The van der Waals surface area contributed by atoms with Gasteiger partial charge in [0.15, 0.2) is 0 Å². The number of carboxylic acid groups (broad SMARTS) is 1. The second-order valence-corrected chi connectivity index (χ2v) is 3.46. The maximum absolute atomic E-state index is 10.8. The van der Waals surface area contributed by atoms with E-state index in [0.717, 1.165) is 16.5 Å². The van der Waals surface area contributed by atoms with Crippen LogP contribution in [0, 0.1) is 0 Å². The Morgan fingerprint density at radius 3 is 2.80 bits per heavy atom. The zero-order valence-corrected chi connectivity index (χ0v) is 8.27. The number of fused-ring (bicyclic) bond motifs is 1. The Kier molecular flexibility index (Phi) is 2.21. The summed E-state index contributed by atoms with van der Waals surface area (Å²) in [6.45, 7) is -0.0379. The molecule has 1 heterocycles. The standard InChI is InChI=1S/C11H11NO3/c1-12-5-8(6-13)9-3-2-7(11(14)15)4-10(9)12/h2-5,13H,6H2,1H3,(H,14,15). The molecular formula is C11H11NO3. The predicted molar refractivity (Wildman–Crippen MR) is 55.8 cm³/mol. The topological polar surface area (TPSA) is 62.5 Å². The average molecular weight is 205 g/mol. The van der Waals surface area contributed by atoms with Crippen molar-refractivity contribution < 1.29 is 15.0 Å². The van der Waals surface area contributed by atoms with Crippen LogP contribution in [0.25, 0.3) is 10.9 Å². The summed E-state index contributed by atoms with van der Waals surface area (Å²) in [4.78, 5) is 10.8. The molecule has 0 fully saturated rings. The van der Waals surface area contributed by atoms with Gasteiger partial charge in [-0.1, -0.05) is 6.07 Å². The highest BCUT2D eigenvalue weighted by atomic mass is 16.4. The van der Waals surface area contributed by atoms with E-state index >= 15 is 0 Å². The van der Waals surface area contributed by atoms with Crippen molar-refractivity contribution >= 4 is 16.9 Å². The number of aliphatic hydroxyl groups is 1. The van der Waals surface area contributed by atoms with Crippen molar-refractivity contribution in [3.05, 3.63) is 35.5 Å². The number of hydrogen-bond donors (Lipinski definition) is 2. The molecule has 4 heteroatoms. The molecule has 1 aromatic heterocycles. The Labute approximate surface area is 86.4 Å². The molecule has 15 heavy (non-hydrogen) atoms. The third kappa shape index (κ3) is 1.49. The van der Waals surface area contributed by atoms with Gasteiger partial charge in [-0.3, -0.25) is 0 Å². The quantitative estimate of drug-likeness (QED) is 0.778. The first-order valence-corrected chi connectivity index (χ1v) is 4.55. The number of aromatic carboxylic acids is 1. The largest absolute Gasteiger partial charge is 0.478 e. The SMILES string of the molecule is Cn1cc(CO)c2ccc(C(=O)O)cc21. The maximum Gasteiger partial charge on any atom is 0.335 e. The summed E-state index contributed by atoms with van der Waals surface area (Å²) < 4.78 is 1.81. The lowest BCUT2D eigenvalue weighted by molar-refractivity contribution is 0.0697. The molecular weight excluding hydrogens is 194 g/mol. The molecule has 0 amide bonds. The average Bonchev–Trinajstić information content (AvgIpc) is 2.55. The van der Waals surface area contributed by atoms with E-state index in [-0.39, 0.29) is 12.2 Å². The van der Waals surface area contributed by atoms with E-state index in [1.807, 2.05) is 11.6 Å². The fourth-order valence-corrected chi connectivity index (χ4v) is 1.73. The summed E-state index contributed by atoms with van der Waals surface area (Å²) in [5.74, 6) is -0.941. The van der Waals surface area contributed by atoms with Gasteiger partial charge in [-0.05, 0) is 12.1 Å². The van der Waals surface area contributed by atoms with Crippen molar-refractivity contribution in [3.8, 4) is 0 Å². The summed E-state index contributed by atoms with van der Waals surface area (Å²) in [7, 11) is 1.83. The highest BCUT2D eigenvalue weighted by Crippen LogP contribution is 2.21. The van der Waals surface area contributed by atoms with Crippen molar-refractivity contribution in [3.63, 3.8) is 0 Å². The normalized spacial score (nSPS) is 10.8. The highest BCUT2D eigenvalue weighted by Gasteiger charge is 2.09. The van der Waals surface area contributed by atoms with Crippen LogP contribution in [-0.4, -0.2) is 20.7 Å². The third-order valence-corrected chi connectivity index (χ3v) is 2.49. The van der Waals surface area contributed by atoms with Gasteiger partial charge in [0.1, 0.15) is 0 Å². The second kappa shape index (κ2) is 3.40. The van der Waals surface area contributed by atoms with E-state index < -0.39 is 5.97 Å². The molecule has 78 valence electrons. The first kappa shape index (κ1) is 9.73. The van der Waals surface area contributed by atoms with Gasteiger partial charge in [0.2, 0.25) is 0 Å². The van der Waals surface area contributed by atoms with Crippen LogP contribution in [0.4, 0.5) is 0 Å².